The molecule has 1 aromatic carbocycles. The molecule has 0 unspecified atom stereocenters. The summed E-state index contributed by atoms with van der Waals surface area (Å²) in [6.45, 7) is 3.23. The van der Waals surface area contributed by atoms with Crippen LogP contribution in [0.2, 0.25) is 0 Å². The Morgan fingerprint density at radius 1 is 1.15 bits per heavy atom. The minimum Gasteiger partial charge on any atom is -0.268 e. The Hall–Kier alpha value is -1.09. The molecule has 0 spiro atoms. The summed E-state index contributed by atoms with van der Waals surface area (Å²) < 4.78 is 3.34. The van der Waals surface area contributed by atoms with E-state index in [1.54, 1.807) is 0 Å². The predicted molar refractivity (Wildman–Crippen MR) is 86.7 cm³/mol. The normalized spacial score (nSPS) is 16.5. The SMILES string of the molecule is Cc1c(Br)c(-c2ccccc2)nn1CC1CCCCC1. The van der Waals surface area contributed by atoms with Crippen LogP contribution in [-0.2, 0) is 6.54 Å². The van der Waals surface area contributed by atoms with E-state index < -0.39 is 0 Å². The molecule has 1 saturated carbocycles. The fraction of sp³-hybridized carbons (Fsp3) is 0.471. The van der Waals surface area contributed by atoms with Gasteiger partial charge in [-0.25, -0.2) is 0 Å². The van der Waals surface area contributed by atoms with Gasteiger partial charge in [-0.3, -0.25) is 4.68 Å². The van der Waals surface area contributed by atoms with Gasteiger partial charge < -0.3 is 0 Å². The highest BCUT2D eigenvalue weighted by atomic mass is 79.9. The minimum atomic E-state index is 0.804. The summed E-state index contributed by atoms with van der Waals surface area (Å²) in [6.07, 6.45) is 6.90. The second-order valence-corrected chi connectivity index (χ2v) is 6.59. The summed E-state index contributed by atoms with van der Waals surface area (Å²) in [6, 6.07) is 10.4. The Labute approximate surface area is 129 Å². The van der Waals surface area contributed by atoms with Crippen LogP contribution in [0.25, 0.3) is 11.3 Å². The van der Waals surface area contributed by atoms with Crippen molar-refractivity contribution in [1.29, 1.82) is 0 Å². The van der Waals surface area contributed by atoms with Crippen LogP contribution in [0.3, 0.4) is 0 Å². The molecule has 2 aromatic rings. The molecule has 1 aromatic heterocycles. The Morgan fingerprint density at radius 2 is 1.85 bits per heavy atom. The van der Waals surface area contributed by atoms with Crippen molar-refractivity contribution in [3.8, 4) is 11.3 Å². The summed E-state index contributed by atoms with van der Waals surface area (Å²) in [7, 11) is 0. The largest absolute Gasteiger partial charge is 0.268 e. The van der Waals surface area contributed by atoms with E-state index in [1.165, 1.54) is 43.4 Å². The third-order valence-electron chi connectivity index (χ3n) is 4.34. The molecule has 0 amide bonds. The van der Waals surface area contributed by atoms with Crippen molar-refractivity contribution < 1.29 is 0 Å². The molecule has 1 fully saturated rings. The molecular formula is C17H21BrN2. The van der Waals surface area contributed by atoms with E-state index in [0.29, 0.717) is 0 Å². The van der Waals surface area contributed by atoms with Crippen molar-refractivity contribution in [3.63, 3.8) is 0 Å². The van der Waals surface area contributed by atoms with Crippen LogP contribution in [0.4, 0.5) is 0 Å². The van der Waals surface area contributed by atoms with Gasteiger partial charge in [0.1, 0.15) is 5.69 Å². The summed E-state index contributed by atoms with van der Waals surface area (Å²) in [5.74, 6) is 0.804. The zero-order valence-electron chi connectivity index (χ0n) is 12.0. The Morgan fingerprint density at radius 3 is 2.55 bits per heavy atom. The zero-order valence-corrected chi connectivity index (χ0v) is 13.6. The molecule has 1 aliphatic rings. The lowest BCUT2D eigenvalue weighted by molar-refractivity contribution is 0.306. The van der Waals surface area contributed by atoms with E-state index in [-0.39, 0.29) is 0 Å². The van der Waals surface area contributed by atoms with E-state index in [4.69, 9.17) is 5.10 Å². The number of nitrogens with zero attached hydrogens (tertiary/aromatic N) is 2. The number of benzene rings is 1. The molecule has 106 valence electrons. The van der Waals surface area contributed by atoms with Gasteiger partial charge in [0.05, 0.1) is 10.2 Å². The van der Waals surface area contributed by atoms with E-state index in [9.17, 15) is 0 Å². The van der Waals surface area contributed by atoms with Gasteiger partial charge in [-0.05, 0) is 41.6 Å². The van der Waals surface area contributed by atoms with Gasteiger partial charge in [-0.15, -0.1) is 0 Å². The topological polar surface area (TPSA) is 17.8 Å². The van der Waals surface area contributed by atoms with Gasteiger partial charge in [0.15, 0.2) is 0 Å². The maximum atomic E-state index is 4.84. The van der Waals surface area contributed by atoms with Gasteiger partial charge in [-0.1, -0.05) is 49.6 Å². The molecule has 0 N–H and O–H groups in total. The molecule has 20 heavy (non-hydrogen) atoms. The van der Waals surface area contributed by atoms with Crippen molar-refractivity contribution in [2.45, 2.75) is 45.6 Å². The summed E-state index contributed by atoms with van der Waals surface area (Å²) in [4.78, 5) is 0. The van der Waals surface area contributed by atoms with E-state index in [1.807, 2.05) is 6.07 Å². The monoisotopic (exact) mass is 332 g/mol. The second-order valence-electron chi connectivity index (χ2n) is 5.80. The highest BCUT2D eigenvalue weighted by molar-refractivity contribution is 9.10. The van der Waals surface area contributed by atoms with Crippen LogP contribution < -0.4 is 0 Å². The standard InChI is InChI=1S/C17H21BrN2/c1-13-16(18)17(15-10-6-3-7-11-15)19-20(13)12-14-8-4-2-5-9-14/h3,6-7,10-11,14H,2,4-5,8-9,12H2,1H3. The third kappa shape index (κ3) is 2.83. The third-order valence-corrected chi connectivity index (χ3v) is 5.29. The van der Waals surface area contributed by atoms with Crippen molar-refractivity contribution in [3.05, 3.63) is 40.5 Å². The quantitative estimate of drug-likeness (QED) is 0.755. The van der Waals surface area contributed by atoms with Crippen LogP contribution >= 0.6 is 15.9 Å². The molecule has 1 heterocycles. The predicted octanol–water partition coefficient (Wildman–Crippen LogP) is 5.20. The van der Waals surface area contributed by atoms with E-state index >= 15 is 0 Å². The summed E-state index contributed by atoms with van der Waals surface area (Å²) >= 11 is 3.72. The maximum Gasteiger partial charge on any atom is 0.107 e. The molecule has 0 atom stereocenters. The average Bonchev–Trinajstić information content (AvgIpc) is 2.78. The second kappa shape index (κ2) is 6.13. The first-order valence-electron chi connectivity index (χ1n) is 7.54. The van der Waals surface area contributed by atoms with Gasteiger partial charge in [-0.2, -0.15) is 5.10 Å². The van der Waals surface area contributed by atoms with Gasteiger partial charge in [0.25, 0.3) is 0 Å². The minimum absolute atomic E-state index is 0.804. The maximum absolute atomic E-state index is 4.84. The first-order valence-corrected chi connectivity index (χ1v) is 8.33. The molecule has 0 saturated heterocycles. The zero-order chi connectivity index (χ0) is 13.9. The summed E-state index contributed by atoms with van der Waals surface area (Å²) in [5, 5.41) is 4.84. The Kier molecular flexibility index (Phi) is 4.25. The number of hydrogen-bond donors (Lipinski definition) is 0. The number of halogens is 1. The molecule has 3 rings (SSSR count). The van der Waals surface area contributed by atoms with Crippen LogP contribution in [0.1, 0.15) is 37.8 Å². The van der Waals surface area contributed by atoms with Crippen molar-refractivity contribution in [1.82, 2.24) is 9.78 Å². The molecule has 0 bridgehead atoms. The van der Waals surface area contributed by atoms with Crippen molar-refractivity contribution in [2.75, 3.05) is 0 Å². The van der Waals surface area contributed by atoms with Gasteiger partial charge in [0, 0.05) is 12.1 Å². The number of rotatable bonds is 3. The van der Waals surface area contributed by atoms with Crippen molar-refractivity contribution >= 4 is 15.9 Å². The smallest absolute Gasteiger partial charge is 0.107 e. The fourth-order valence-electron chi connectivity index (χ4n) is 3.10. The lowest BCUT2D eigenvalue weighted by Crippen LogP contribution is -2.16. The molecule has 0 aliphatic heterocycles. The van der Waals surface area contributed by atoms with Gasteiger partial charge in [0.2, 0.25) is 0 Å². The van der Waals surface area contributed by atoms with Crippen molar-refractivity contribution in [2.24, 2.45) is 5.92 Å². The van der Waals surface area contributed by atoms with Crippen LogP contribution in [0.15, 0.2) is 34.8 Å². The first-order chi connectivity index (χ1) is 9.75. The molecule has 0 radical (unpaired) electrons. The van der Waals surface area contributed by atoms with Crippen LogP contribution in [0, 0.1) is 12.8 Å². The highest BCUT2D eigenvalue weighted by Gasteiger charge is 2.18. The van der Waals surface area contributed by atoms with Crippen LogP contribution in [-0.4, -0.2) is 9.78 Å². The average molecular weight is 333 g/mol. The lowest BCUT2D eigenvalue weighted by Gasteiger charge is -2.21. The molecular weight excluding hydrogens is 312 g/mol. The molecule has 1 aliphatic carbocycles. The Bertz CT molecular complexity index is 568. The van der Waals surface area contributed by atoms with E-state index in [2.05, 4.69) is 51.8 Å². The van der Waals surface area contributed by atoms with E-state index in [0.717, 1.165) is 22.6 Å². The number of aromatic nitrogens is 2. The molecule has 3 heteroatoms. The first kappa shape index (κ1) is 13.9. The fourth-order valence-corrected chi connectivity index (χ4v) is 3.61. The Balaban J connectivity index is 1.85. The highest BCUT2D eigenvalue weighted by Crippen LogP contribution is 2.32. The molecule has 2 nitrogen and oxygen atoms in total. The van der Waals surface area contributed by atoms with Gasteiger partial charge >= 0.3 is 0 Å². The lowest BCUT2D eigenvalue weighted by atomic mass is 9.89. The van der Waals surface area contributed by atoms with Crippen LogP contribution in [0.5, 0.6) is 0 Å². The number of hydrogen-bond acceptors (Lipinski definition) is 1. The summed E-state index contributed by atoms with van der Waals surface area (Å²) in [5.41, 5.74) is 3.50.